The van der Waals surface area contributed by atoms with E-state index in [-0.39, 0.29) is 24.5 Å². The minimum absolute atomic E-state index is 0.0770. The molecule has 0 unspecified atom stereocenters. The number of aromatic nitrogens is 1. The maximum Gasteiger partial charge on any atom is 0.251 e. The third-order valence-corrected chi connectivity index (χ3v) is 5.42. The van der Waals surface area contributed by atoms with Gasteiger partial charge in [0, 0.05) is 34.8 Å². The van der Waals surface area contributed by atoms with Crippen molar-refractivity contribution in [3.05, 3.63) is 54.4 Å². The molecule has 152 valence electrons. The van der Waals surface area contributed by atoms with Gasteiger partial charge >= 0.3 is 0 Å². The highest BCUT2D eigenvalue weighted by Gasteiger charge is 2.23. The Balaban J connectivity index is 1.35. The summed E-state index contributed by atoms with van der Waals surface area (Å²) in [6.07, 6.45) is 4.16. The van der Waals surface area contributed by atoms with E-state index >= 15 is 0 Å². The molecule has 0 spiro atoms. The number of alkyl halides is 2. The lowest BCUT2D eigenvalue weighted by atomic mass is 9.91. The molecule has 2 aromatic heterocycles. The number of furan rings is 1. The predicted octanol–water partition coefficient (Wildman–Crippen LogP) is 4.39. The van der Waals surface area contributed by atoms with Crippen LogP contribution in [0.3, 0.4) is 0 Å². The highest BCUT2D eigenvalue weighted by Crippen LogP contribution is 2.27. The van der Waals surface area contributed by atoms with Crippen molar-refractivity contribution in [3.8, 4) is 11.3 Å². The summed E-state index contributed by atoms with van der Waals surface area (Å²) in [4.78, 5) is 17.0. The van der Waals surface area contributed by atoms with Gasteiger partial charge in [-0.2, -0.15) is 0 Å². The van der Waals surface area contributed by atoms with Gasteiger partial charge in [-0.1, -0.05) is 12.1 Å². The summed E-state index contributed by atoms with van der Waals surface area (Å²) in [7, 11) is 0. The van der Waals surface area contributed by atoms with Crippen LogP contribution < -0.4 is 10.6 Å². The van der Waals surface area contributed by atoms with Gasteiger partial charge in [0.05, 0.1) is 18.5 Å². The summed E-state index contributed by atoms with van der Waals surface area (Å²) in [5.41, 5.74) is 3.10. The van der Waals surface area contributed by atoms with Crippen molar-refractivity contribution in [2.24, 2.45) is 0 Å². The predicted molar refractivity (Wildman–Crippen MR) is 107 cm³/mol. The van der Waals surface area contributed by atoms with Crippen molar-refractivity contribution >= 4 is 16.9 Å². The van der Waals surface area contributed by atoms with Crippen molar-refractivity contribution in [2.45, 2.75) is 44.2 Å². The van der Waals surface area contributed by atoms with Gasteiger partial charge in [-0.25, -0.2) is 8.78 Å². The molecule has 5 nitrogen and oxygen atoms in total. The number of carbonyl (C=O) groups is 1. The molecule has 1 aliphatic carbocycles. The third kappa shape index (κ3) is 4.62. The first-order valence-corrected chi connectivity index (χ1v) is 9.85. The third-order valence-electron chi connectivity index (χ3n) is 5.42. The molecule has 0 bridgehead atoms. The number of rotatable bonds is 6. The van der Waals surface area contributed by atoms with Crippen molar-refractivity contribution in [1.29, 1.82) is 0 Å². The number of benzene rings is 1. The van der Waals surface area contributed by atoms with Gasteiger partial charge in [0.1, 0.15) is 5.58 Å². The molecule has 29 heavy (non-hydrogen) atoms. The van der Waals surface area contributed by atoms with Crippen LogP contribution in [0, 0.1) is 0 Å². The van der Waals surface area contributed by atoms with Crippen molar-refractivity contribution in [2.75, 3.05) is 6.54 Å². The van der Waals surface area contributed by atoms with E-state index in [2.05, 4.69) is 15.6 Å². The number of fused-ring (bicyclic) bond motifs is 1. The molecule has 0 aliphatic heterocycles. The second-order valence-electron chi connectivity index (χ2n) is 7.39. The summed E-state index contributed by atoms with van der Waals surface area (Å²) in [5.74, 6) is -0.116. The minimum atomic E-state index is -2.33. The normalized spacial score (nSPS) is 19.6. The van der Waals surface area contributed by atoms with Gasteiger partial charge in [0.25, 0.3) is 12.3 Å². The molecule has 0 saturated heterocycles. The molecule has 1 saturated carbocycles. The lowest BCUT2D eigenvalue weighted by Crippen LogP contribution is -2.43. The lowest BCUT2D eigenvalue weighted by Gasteiger charge is -2.29. The molecule has 1 aromatic carbocycles. The molecule has 1 amide bonds. The quantitative estimate of drug-likeness (QED) is 0.645. The van der Waals surface area contributed by atoms with E-state index in [1.54, 1.807) is 24.6 Å². The molecule has 3 aromatic rings. The van der Waals surface area contributed by atoms with Gasteiger partial charge in [0.2, 0.25) is 0 Å². The fraction of sp³-hybridized carbons (Fsp3) is 0.364. The van der Waals surface area contributed by atoms with Crippen LogP contribution in [-0.4, -0.2) is 35.9 Å². The lowest BCUT2D eigenvalue weighted by molar-refractivity contribution is 0.0922. The van der Waals surface area contributed by atoms with Crippen LogP contribution in [0.15, 0.2) is 53.3 Å². The van der Waals surface area contributed by atoms with Crippen LogP contribution in [0.25, 0.3) is 22.2 Å². The van der Waals surface area contributed by atoms with E-state index in [4.69, 9.17) is 4.42 Å². The van der Waals surface area contributed by atoms with Gasteiger partial charge in [-0.15, -0.1) is 0 Å². The van der Waals surface area contributed by atoms with Gasteiger partial charge < -0.3 is 15.1 Å². The van der Waals surface area contributed by atoms with Crippen LogP contribution in [0.4, 0.5) is 8.78 Å². The van der Waals surface area contributed by atoms with E-state index in [0.29, 0.717) is 5.56 Å². The number of hydrogen-bond acceptors (Lipinski definition) is 4. The maximum atomic E-state index is 12.6. The van der Waals surface area contributed by atoms with Crippen molar-refractivity contribution in [1.82, 2.24) is 15.6 Å². The Morgan fingerprint density at radius 3 is 2.52 bits per heavy atom. The second kappa shape index (κ2) is 8.69. The zero-order chi connectivity index (χ0) is 20.2. The van der Waals surface area contributed by atoms with Crippen LogP contribution in [0.5, 0.6) is 0 Å². The van der Waals surface area contributed by atoms with Crippen LogP contribution in [0.1, 0.15) is 36.0 Å². The zero-order valence-electron chi connectivity index (χ0n) is 15.9. The van der Waals surface area contributed by atoms with E-state index < -0.39 is 6.43 Å². The van der Waals surface area contributed by atoms with E-state index in [9.17, 15) is 13.6 Å². The Morgan fingerprint density at radius 2 is 1.79 bits per heavy atom. The first kappa shape index (κ1) is 19.5. The Hall–Kier alpha value is -2.80. The Labute approximate surface area is 167 Å². The molecule has 4 rings (SSSR count). The molecule has 7 heteroatoms. The largest absolute Gasteiger partial charge is 0.464 e. The van der Waals surface area contributed by atoms with Crippen molar-refractivity contribution in [3.63, 3.8) is 0 Å². The average Bonchev–Trinajstić information content (AvgIpc) is 3.22. The second-order valence-corrected chi connectivity index (χ2v) is 7.39. The molecular formula is C22H23F2N3O2. The fourth-order valence-corrected chi connectivity index (χ4v) is 3.87. The molecular weight excluding hydrogens is 376 g/mol. The molecule has 1 aliphatic rings. The number of halogens is 2. The number of hydrogen-bond donors (Lipinski definition) is 2. The first-order chi connectivity index (χ1) is 14.1. The van der Waals surface area contributed by atoms with E-state index in [0.717, 1.165) is 47.9 Å². The molecule has 2 heterocycles. The number of amides is 1. The van der Waals surface area contributed by atoms with Gasteiger partial charge in [-0.3, -0.25) is 9.78 Å². The molecule has 2 N–H and O–H groups in total. The molecule has 0 atom stereocenters. The van der Waals surface area contributed by atoms with E-state index in [1.807, 2.05) is 24.3 Å². The zero-order valence-corrected chi connectivity index (χ0v) is 15.9. The fourth-order valence-electron chi connectivity index (χ4n) is 3.87. The van der Waals surface area contributed by atoms with E-state index in [1.165, 1.54) is 0 Å². The number of pyridine rings is 1. The SMILES string of the molecule is O=C(N[C@H]1CC[C@H](NCC(F)F)CC1)c1ccc(-c2nccc3occc23)cc1. The number of carbonyl (C=O) groups excluding carboxylic acids is 1. The Bertz CT molecular complexity index is 964. The number of nitrogens with zero attached hydrogens (tertiary/aromatic N) is 1. The standard InChI is InChI=1S/C22H23F2N3O2/c23-20(24)13-26-16-5-7-17(8-6-16)27-22(28)15-3-1-14(2-4-15)21-18-10-12-29-19(18)9-11-25-21/h1-4,9-12,16-17,20,26H,5-8,13H2,(H,27,28)/t16-,17-. The smallest absolute Gasteiger partial charge is 0.251 e. The van der Waals surface area contributed by atoms with Crippen LogP contribution >= 0.6 is 0 Å². The van der Waals surface area contributed by atoms with Crippen LogP contribution in [0.2, 0.25) is 0 Å². The van der Waals surface area contributed by atoms with Gasteiger partial charge in [0.15, 0.2) is 0 Å². The highest BCUT2D eigenvalue weighted by molar-refractivity contribution is 5.96. The van der Waals surface area contributed by atoms with Gasteiger partial charge in [-0.05, 0) is 49.9 Å². The highest BCUT2D eigenvalue weighted by atomic mass is 19.3. The maximum absolute atomic E-state index is 12.6. The summed E-state index contributed by atoms with van der Waals surface area (Å²) in [6.45, 7) is -0.268. The first-order valence-electron chi connectivity index (χ1n) is 9.85. The topological polar surface area (TPSA) is 67.2 Å². The number of nitrogens with one attached hydrogen (secondary N) is 2. The van der Waals surface area contributed by atoms with Crippen molar-refractivity contribution < 1.29 is 18.0 Å². The Morgan fingerprint density at radius 1 is 1.07 bits per heavy atom. The summed E-state index contributed by atoms with van der Waals surface area (Å²) in [6, 6.07) is 11.2. The molecule has 0 radical (unpaired) electrons. The monoisotopic (exact) mass is 399 g/mol. The summed E-state index contributed by atoms with van der Waals surface area (Å²) in [5, 5.41) is 6.88. The average molecular weight is 399 g/mol. The van der Waals surface area contributed by atoms with Crippen LogP contribution in [-0.2, 0) is 0 Å². The Kier molecular flexibility index (Phi) is 5.85. The molecule has 1 fully saturated rings. The minimum Gasteiger partial charge on any atom is -0.464 e. The summed E-state index contributed by atoms with van der Waals surface area (Å²) >= 11 is 0. The summed E-state index contributed by atoms with van der Waals surface area (Å²) < 4.78 is 30.0.